The highest BCUT2D eigenvalue weighted by Crippen LogP contribution is 2.08. The number of hydrogen-bond donors (Lipinski definition) is 1. The molecule has 1 amide bonds. The first-order valence-corrected chi connectivity index (χ1v) is 7.63. The van der Waals surface area contributed by atoms with Gasteiger partial charge >= 0.3 is 0 Å². The average molecular weight is 298 g/mol. The maximum absolute atomic E-state index is 12.0. The molecule has 0 fully saturated rings. The number of nitrogens with one attached hydrogen (secondary N) is 1. The van der Waals surface area contributed by atoms with Gasteiger partial charge in [0.2, 0.25) is 0 Å². The number of hydrogen-bond acceptors (Lipinski definition) is 4. The van der Waals surface area contributed by atoms with Crippen LogP contribution in [0.2, 0.25) is 0 Å². The molecule has 0 aliphatic heterocycles. The molecule has 0 radical (unpaired) electrons. The summed E-state index contributed by atoms with van der Waals surface area (Å²) in [6, 6.07) is 10.1. The molecule has 2 aromatic rings. The lowest BCUT2D eigenvalue weighted by molar-refractivity contribution is 0.0949. The Morgan fingerprint density at radius 2 is 1.82 bits per heavy atom. The van der Waals surface area contributed by atoms with Crippen LogP contribution >= 0.6 is 0 Å². The van der Waals surface area contributed by atoms with E-state index in [9.17, 15) is 4.79 Å². The Hall–Kier alpha value is -2.43. The van der Waals surface area contributed by atoms with Crippen LogP contribution in [0, 0.1) is 0 Å². The molecule has 2 rings (SSSR count). The number of rotatable bonds is 7. The zero-order chi connectivity index (χ0) is 15.8. The largest absolute Gasteiger partial charge is 0.356 e. The lowest BCUT2D eigenvalue weighted by atomic mass is 10.1. The van der Waals surface area contributed by atoms with Crippen molar-refractivity contribution < 1.29 is 4.79 Å². The van der Waals surface area contributed by atoms with Crippen molar-refractivity contribution in [3.05, 3.63) is 54.0 Å². The summed E-state index contributed by atoms with van der Waals surface area (Å²) in [6.45, 7) is 6.45. The monoisotopic (exact) mass is 298 g/mol. The Bertz CT molecular complexity index is 579. The normalized spacial score (nSPS) is 10.3. The van der Waals surface area contributed by atoms with Crippen LogP contribution in [0.25, 0.3) is 0 Å². The van der Waals surface area contributed by atoms with Crippen LogP contribution in [0.1, 0.15) is 29.9 Å². The molecule has 0 bridgehead atoms. The maximum Gasteiger partial charge on any atom is 0.271 e. The van der Waals surface area contributed by atoms with Crippen LogP contribution in [0.4, 0.5) is 5.82 Å². The molecule has 0 unspecified atom stereocenters. The van der Waals surface area contributed by atoms with Gasteiger partial charge in [-0.1, -0.05) is 30.3 Å². The van der Waals surface area contributed by atoms with Gasteiger partial charge in [-0.25, -0.2) is 9.97 Å². The van der Waals surface area contributed by atoms with Crippen molar-refractivity contribution in [2.45, 2.75) is 20.3 Å². The van der Waals surface area contributed by atoms with Crippen LogP contribution in [0.5, 0.6) is 0 Å². The van der Waals surface area contributed by atoms with Crippen molar-refractivity contribution in [2.75, 3.05) is 24.5 Å². The van der Waals surface area contributed by atoms with Gasteiger partial charge in [-0.3, -0.25) is 4.79 Å². The molecular weight excluding hydrogens is 276 g/mol. The predicted molar refractivity (Wildman–Crippen MR) is 88.1 cm³/mol. The van der Waals surface area contributed by atoms with Crippen LogP contribution in [-0.4, -0.2) is 35.5 Å². The minimum absolute atomic E-state index is 0.186. The number of amides is 1. The highest BCUT2D eigenvalue weighted by atomic mass is 16.1. The maximum atomic E-state index is 12.0. The van der Waals surface area contributed by atoms with Crippen molar-refractivity contribution in [1.29, 1.82) is 0 Å². The minimum Gasteiger partial charge on any atom is -0.356 e. The highest BCUT2D eigenvalue weighted by molar-refractivity contribution is 5.92. The van der Waals surface area contributed by atoms with E-state index in [1.165, 1.54) is 11.8 Å². The van der Waals surface area contributed by atoms with Crippen molar-refractivity contribution in [1.82, 2.24) is 15.3 Å². The molecule has 22 heavy (non-hydrogen) atoms. The molecule has 0 saturated carbocycles. The topological polar surface area (TPSA) is 58.1 Å². The number of benzene rings is 1. The van der Waals surface area contributed by atoms with Crippen LogP contribution in [0.15, 0.2) is 42.7 Å². The van der Waals surface area contributed by atoms with Gasteiger partial charge in [0.25, 0.3) is 5.91 Å². The number of anilines is 1. The molecule has 0 aliphatic carbocycles. The fourth-order valence-corrected chi connectivity index (χ4v) is 2.20. The fraction of sp³-hybridized carbons (Fsp3) is 0.353. The molecule has 0 spiro atoms. The zero-order valence-corrected chi connectivity index (χ0v) is 13.1. The smallest absolute Gasteiger partial charge is 0.271 e. The molecule has 1 heterocycles. The lowest BCUT2D eigenvalue weighted by Crippen LogP contribution is -2.27. The Balaban J connectivity index is 1.87. The van der Waals surface area contributed by atoms with Gasteiger partial charge in [0.15, 0.2) is 0 Å². The van der Waals surface area contributed by atoms with E-state index in [1.54, 1.807) is 6.20 Å². The number of carbonyl (C=O) groups excluding carboxylic acids is 1. The number of nitrogens with zero attached hydrogens (tertiary/aromatic N) is 3. The molecule has 0 aliphatic rings. The molecule has 5 nitrogen and oxygen atoms in total. The molecule has 1 aromatic carbocycles. The van der Waals surface area contributed by atoms with E-state index in [-0.39, 0.29) is 5.91 Å². The van der Waals surface area contributed by atoms with Gasteiger partial charge in [-0.05, 0) is 25.8 Å². The summed E-state index contributed by atoms with van der Waals surface area (Å²) < 4.78 is 0. The van der Waals surface area contributed by atoms with Crippen molar-refractivity contribution in [2.24, 2.45) is 0 Å². The summed E-state index contributed by atoms with van der Waals surface area (Å²) in [5.74, 6) is 0.611. The van der Waals surface area contributed by atoms with Gasteiger partial charge in [0.1, 0.15) is 11.5 Å². The van der Waals surface area contributed by atoms with E-state index in [4.69, 9.17) is 0 Å². The Labute approximate surface area is 131 Å². The second-order valence-electron chi connectivity index (χ2n) is 4.92. The SMILES string of the molecule is CCN(CC)c1cnc(C(=O)NCCc2ccccc2)cn1. The van der Waals surface area contributed by atoms with Gasteiger partial charge in [0, 0.05) is 19.6 Å². The van der Waals surface area contributed by atoms with E-state index < -0.39 is 0 Å². The summed E-state index contributed by atoms with van der Waals surface area (Å²) in [6.07, 6.45) is 3.99. The van der Waals surface area contributed by atoms with Gasteiger partial charge in [-0.2, -0.15) is 0 Å². The van der Waals surface area contributed by atoms with Gasteiger partial charge in [-0.15, -0.1) is 0 Å². The average Bonchev–Trinajstić information content (AvgIpc) is 2.57. The van der Waals surface area contributed by atoms with Crippen molar-refractivity contribution in [3.8, 4) is 0 Å². The second kappa shape index (κ2) is 8.12. The molecule has 0 saturated heterocycles. The van der Waals surface area contributed by atoms with E-state index in [0.29, 0.717) is 12.2 Å². The van der Waals surface area contributed by atoms with Crippen molar-refractivity contribution >= 4 is 11.7 Å². The summed E-state index contributed by atoms with van der Waals surface area (Å²) in [4.78, 5) is 22.6. The van der Waals surface area contributed by atoms with E-state index in [2.05, 4.69) is 34.0 Å². The van der Waals surface area contributed by atoms with Crippen LogP contribution in [0.3, 0.4) is 0 Å². The molecule has 116 valence electrons. The molecule has 0 atom stereocenters. The lowest BCUT2D eigenvalue weighted by Gasteiger charge is -2.18. The number of aromatic nitrogens is 2. The minimum atomic E-state index is -0.186. The van der Waals surface area contributed by atoms with Gasteiger partial charge in [0.05, 0.1) is 12.4 Å². The van der Waals surface area contributed by atoms with E-state index in [1.807, 2.05) is 30.3 Å². The van der Waals surface area contributed by atoms with E-state index >= 15 is 0 Å². The first kappa shape index (κ1) is 15.9. The standard InChI is InChI=1S/C17H22N4O/c1-3-21(4-2)16-13-19-15(12-20-16)17(22)18-11-10-14-8-6-5-7-9-14/h5-9,12-13H,3-4,10-11H2,1-2H3,(H,18,22). The van der Waals surface area contributed by atoms with Crippen molar-refractivity contribution in [3.63, 3.8) is 0 Å². The van der Waals surface area contributed by atoms with Crippen LogP contribution < -0.4 is 10.2 Å². The summed E-state index contributed by atoms with van der Waals surface area (Å²) in [5.41, 5.74) is 1.55. The number of carbonyl (C=O) groups is 1. The Morgan fingerprint density at radius 3 is 2.41 bits per heavy atom. The van der Waals surface area contributed by atoms with E-state index in [0.717, 1.165) is 25.3 Å². The first-order valence-electron chi connectivity index (χ1n) is 7.63. The quantitative estimate of drug-likeness (QED) is 0.852. The predicted octanol–water partition coefficient (Wildman–Crippen LogP) is 2.30. The third-order valence-electron chi connectivity index (χ3n) is 3.50. The Morgan fingerprint density at radius 1 is 1.09 bits per heavy atom. The third-order valence-corrected chi connectivity index (χ3v) is 3.50. The van der Waals surface area contributed by atoms with Gasteiger partial charge < -0.3 is 10.2 Å². The fourth-order valence-electron chi connectivity index (χ4n) is 2.20. The molecule has 1 aromatic heterocycles. The second-order valence-corrected chi connectivity index (χ2v) is 4.92. The summed E-state index contributed by atoms with van der Waals surface area (Å²) in [5, 5.41) is 2.87. The Kier molecular flexibility index (Phi) is 5.89. The zero-order valence-electron chi connectivity index (χ0n) is 13.1. The first-order chi connectivity index (χ1) is 10.7. The molecule has 5 heteroatoms. The summed E-state index contributed by atoms with van der Waals surface area (Å²) >= 11 is 0. The molecular formula is C17H22N4O. The highest BCUT2D eigenvalue weighted by Gasteiger charge is 2.09. The van der Waals surface area contributed by atoms with Crippen LogP contribution in [-0.2, 0) is 6.42 Å². The molecule has 1 N–H and O–H groups in total. The third kappa shape index (κ3) is 4.28. The summed E-state index contributed by atoms with van der Waals surface area (Å²) in [7, 11) is 0.